The number of nitrogens with one attached hydrogen (secondary N) is 1. The van der Waals surface area contributed by atoms with E-state index in [1.54, 1.807) is 6.26 Å². The van der Waals surface area contributed by atoms with Gasteiger partial charge in [0, 0.05) is 17.7 Å². The summed E-state index contributed by atoms with van der Waals surface area (Å²) >= 11 is 0. The quantitative estimate of drug-likeness (QED) is 0.668. The maximum absolute atomic E-state index is 12.1. The molecule has 2 aromatic rings. The molecule has 1 heterocycles. The van der Waals surface area contributed by atoms with Crippen LogP contribution in [0, 0.1) is 0 Å². The molecule has 1 aromatic carbocycles. The largest absolute Gasteiger partial charge is 0.464 e. The summed E-state index contributed by atoms with van der Waals surface area (Å²) in [5.74, 6) is 0.762. The Morgan fingerprint density at radius 3 is 2.48 bits per heavy atom. The smallest absolute Gasteiger partial charge is 0.251 e. The van der Waals surface area contributed by atoms with E-state index in [-0.39, 0.29) is 5.91 Å². The van der Waals surface area contributed by atoms with Crippen LogP contribution in [-0.4, -0.2) is 12.5 Å². The highest BCUT2D eigenvalue weighted by Gasteiger charge is 2.07. The number of hydrogen-bond acceptors (Lipinski definition) is 2. The Hall–Kier alpha value is -2.03. The van der Waals surface area contributed by atoms with E-state index in [9.17, 15) is 4.79 Å². The van der Waals surface area contributed by atoms with Gasteiger partial charge in [-0.1, -0.05) is 58.6 Å². The molecule has 0 saturated heterocycles. The Kier molecular flexibility index (Phi) is 9.53. The van der Waals surface area contributed by atoms with Crippen LogP contribution >= 0.6 is 0 Å². The molecule has 3 nitrogen and oxygen atoms in total. The van der Waals surface area contributed by atoms with E-state index < -0.39 is 0 Å². The molecule has 0 spiro atoms. The highest BCUT2D eigenvalue weighted by Crippen LogP contribution is 2.20. The van der Waals surface area contributed by atoms with E-state index >= 15 is 0 Å². The Bertz CT molecular complexity index is 547. The normalized spacial score (nSPS) is 9.87. The Balaban J connectivity index is 0.000000816. The predicted octanol–water partition coefficient (Wildman–Crippen LogP) is 5.67. The number of rotatable bonds is 7. The van der Waals surface area contributed by atoms with E-state index in [1.807, 2.05) is 36.4 Å². The van der Waals surface area contributed by atoms with Gasteiger partial charge in [-0.3, -0.25) is 4.79 Å². The van der Waals surface area contributed by atoms with Gasteiger partial charge in [-0.05, 0) is 30.7 Å². The van der Waals surface area contributed by atoms with Crippen molar-refractivity contribution in [2.45, 2.75) is 52.9 Å². The lowest BCUT2D eigenvalue weighted by Gasteiger charge is -2.06. The lowest BCUT2D eigenvalue weighted by atomic mass is 10.1. The third-order valence-electron chi connectivity index (χ3n) is 3.25. The molecule has 0 aliphatic rings. The van der Waals surface area contributed by atoms with Crippen molar-refractivity contribution in [1.29, 1.82) is 0 Å². The highest BCUT2D eigenvalue weighted by atomic mass is 16.3. The minimum atomic E-state index is -0.0186. The second-order valence-corrected chi connectivity index (χ2v) is 5.58. The van der Waals surface area contributed by atoms with Gasteiger partial charge in [0.2, 0.25) is 0 Å². The summed E-state index contributed by atoms with van der Waals surface area (Å²) in [6.07, 6.45) is 7.53. The van der Waals surface area contributed by atoms with Crippen molar-refractivity contribution in [2.24, 2.45) is 0 Å². The third-order valence-corrected chi connectivity index (χ3v) is 3.25. The van der Waals surface area contributed by atoms with Gasteiger partial charge in [-0.2, -0.15) is 0 Å². The molecule has 0 aliphatic heterocycles. The molecule has 23 heavy (non-hydrogen) atoms. The van der Waals surface area contributed by atoms with Crippen LogP contribution in [0.15, 0.2) is 47.1 Å². The van der Waals surface area contributed by atoms with Crippen LogP contribution < -0.4 is 5.32 Å². The predicted molar refractivity (Wildman–Crippen MR) is 96.6 cm³/mol. The Labute approximate surface area is 140 Å². The van der Waals surface area contributed by atoms with Gasteiger partial charge in [0.15, 0.2) is 0 Å². The summed E-state index contributed by atoms with van der Waals surface area (Å²) in [7, 11) is 0. The topological polar surface area (TPSA) is 42.2 Å². The van der Waals surface area contributed by atoms with Crippen molar-refractivity contribution in [1.82, 2.24) is 5.32 Å². The average molecular weight is 315 g/mol. The average Bonchev–Trinajstić information content (AvgIpc) is 3.10. The summed E-state index contributed by atoms with van der Waals surface area (Å²) < 4.78 is 5.35. The number of hydrogen-bond donors (Lipinski definition) is 1. The molecule has 0 bridgehead atoms. The van der Waals surface area contributed by atoms with Crippen molar-refractivity contribution < 1.29 is 9.21 Å². The molecule has 1 amide bonds. The van der Waals surface area contributed by atoms with E-state index in [1.165, 1.54) is 25.7 Å². The maximum Gasteiger partial charge on any atom is 0.251 e. The molecule has 1 aromatic heterocycles. The fourth-order valence-electron chi connectivity index (χ4n) is 2.11. The minimum absolute atomic E-state index is 0.0186. The standard InChI is InChI=1S/C17H21NO2.C3H8/c1-2-3-4-5-11-18-17(19)15-9-6-8-14(13-15)16-10-7-12-20-16;1-3-2/h6-10,12-13H,2-5,11H2,1H3,(H,18,19);3H2,1-2H3. The zero-order valence-electron chi connectivity index (χ0n) is 14.6. The van der Waals surface area contributed by atoms with Crippen LogP contribution in [0.4, 0.5) is 0 Å². The minimum Gasteiger partial charge on any atom is -0.464 e. The molecule has 3 heteroatoms. The maximum atomic E-state index is 12.1. The van der Waals surface area contributed by atoms with Gasteiger partial charge in [0.25, 0.3) is 5.91 Å². The summed E-state index contributed by atoms with van der Waals surface area (Å²) in [5, 5.41) is 2.96. The Morgan fingerprint density at radius 1 is 1.04 bits per heavy atom. The first-order valence-electron chi connectivity index (χ1n) is 8.65. The number of amides is 1. The first kappa shape index (κ1) is 19.0. The molecule has 0 unspecified atom stereocenters. The summed E-state index contributed by atoms with van der Waals surface area (Å²) in [6, 6.07) is 11.2. The molecule has 126 valence electrons. The number of furan rings is 1. The molecule has 2 rings (SSSR count). The summed E-state index contributed by atoms with van der Waals surface area (Å²) in [5.41, 5.74) is 1.60. The van der Waals surface area contributed by atoms with Crippen molar-refractivity contribution in [2.75, 3.05) is 6.54 Å². The molecule has 0 atom stereocenters. The zero-order valence-corrected chi connectivity index (χ0v) is 14.6. The summed E-state index contributed by atoms with van der Waals surface area (Å²) in [4.78, 5) is 12.1. The van der Waals surface area contributed by atoms with Crippen molar-refractivity contribution in [3.63, 3.8) is 0 Å². The van der Waals surface area contributed by atoms with E-state index in [2.05, 4.69) is 26.1 Å². The molecule has 1 N–H and O–H groups in total. The van der Waals surface area contributed by atoms with Gasteiger partial charge in [0.1, 0.15) is 5.76 Å². The number of benzene rings is 1. The zero-order chi connectivity index (χ0) is 16.9. The highest BCUT2D eigenvalue weighted by molar-refractivity contribution is 5.95. The molecule has 0 aliphatic carbocycles. The van der Waals surface area contributed by atoms with Crippen molar-refractivity contribution in [3.05, 3.63) is 48.2 Å². The van der Waals surface area contributed by atoms with Gasteiger partial charge >= 0.3 is 0 Å². The summed E-state index contributed by atoms with van der Waals surface area (Å²) in [6.45, 7) is 7.17. The third kappa shape index (κ3) is 7.18. The van der Waals surface area contributed by atoms with E-state index in [0.717, 1.165) is 24.3 Å². The number of carbonyl (C=O) groups is 1. The fourth-order valence-corrected chi connectivity index (χ4v) is 2.11. The molecule has 0 radical (unpaired) electrons. The van der Waals surface area contributed by atoms with Crippen LogP contribution in [-0.2, 0) is 0 Å². The fraction of sp³-hybridized carbons (Fsp3) is 0.450. The lowest BCUT2D eigenvalue weighted by molar-refractivity contribution is 0.0953. The number of unbranched alkanes of at least 4 members (excludes halogenated alkanes) is 3. The van der Waals surface area contributed by atoms with Gasteiger partial charge in [-0.15, -0.1) is 0 Å². The Morgan fingerprint density at radius 2 is 1.83 bits per heavy atom. The molecular formula is C20H29NO2. The number of carbonyl (C=O) groups excluding carboxylic acids is 1. The molecule has 0 fully saturated rings. The first-order chi connectivity index (χ1) is 11.2. The molecule has 0 saturated carbocycles. The second-order valence-electron chi connectivity index (χ2n) is 5.58. The monoisotopic (exact) mass is 315 g/mol. The van der Waals surface area contributed by atoms with Crippen LogP contribution in [0.2, 0.25) is 0 Å². The lowest BCUT2D eigenvalue weighted by Crippen LogP contribution is -2.24. The van der Waals surface area contributed by atoms with E-state index in [4.69, 9.17) is 4.42 Å². The van der Waals surface area contributed by atoms with E-state index in [0.29, 0.717) is 5.56 Å². The van der Waals surface area contributed by atoms with Gasteiger partial charge in [0.05, 0.1) is 6.26 Å². The van der Waals surface area contributed by atoms with Crippen molar-refractivity contribution >= 4 is 5.91 Å². The van der Waals surface area contributed by atoms with Gasteiger partial charge in [-0.25, -0.2) is 0 Å². The van der Waals surface area contributed by atoms with Crippen LogP contribution in [0.5, 0.6) is 0 Å². The molecular weight excluding hydrogens is 286 g/mol. The van der Waals surface area contributed by atoms with Crippen LogP contribution in [0.3, 0.4) is 0 Å². The van der Waals surface area contributed by atoms with Crippen LogP contribution in [0.25, 0.3) is 11.3 Å². The second kappa shape index (κ2) is 11.5. The van der Waals surface area contributed by atoms with Crippen molar-refractivity contribution in [3.8, 4) is 11.3 Å². The van der Waals surface area contributed by atoms with Gasteiger partial charge < -0.3 is 9.73 Å². The first-order valence-corrected chi connectivity index (χ1v) is 8.65. The van der Waals surface area contributed by atoms with Crippen LogP contribution in [0.1, 0.15) is 63.2 Å². The SMILES string of the molecule is CCC.CCCCCCNC(=O)c1cccc(-c2ccco2)c1.